The molecule has 1 heterocycles. The lowest BCUT2D eigenvalue weighted by atomic mass is 10.0. The minimum absolute atomic E-state index is 0.181. The second-order valence-electron chi connectivity index (χ2n) is 3.51. The molecule has 1 aromatic carbocycles. The summed E-state index contributed by atoms with van der Waals surface area (Å²) in [5.74, 6) is 0.181. The van der Waals surface area contributed by atoms with Gasteiger partial charge in [0.15, 0.2) is 0 Å². The molecule has 0 bridgehead atoms. The summed E-state index contributed by atoms with van der Waals surface area (Å²) < 4.78 is 0. The van der Waals surface area contributed by atoms with E-state index in [1.54, 1.807) is 12.1 Å². The van der Waals surface area contributed by atoms with Crippen molar-refractivity contribution in [1.82, 2.24) is 0 Å². The molecule has 1 aromatic rings. The lowest BCUT2D eigenvalue weighted by Gasteiger charge is -2.38. The fraction of sp³-hybridized carbons (Fsp3) is 0.273. The summed E-state index contributed by atoms with van der Waals surface area (Å²) in [5, 5.41) is 0. The highest BCUT2D eigenvalue weighted by Crippen LogP contribution is 2.23. The van der Waals surface area contributed by atoms with Gasteiger partial charge in [0, 0.05) is 30.3 Å². The smallest absolute Gasteiger partial charge is 0.150 e. The molecule has 0 radical (unpaired) electrons. The first-order valence-electron chi connectivity index (χ1n) is 4.59. The van der Waals surface area contributed by atoms with Gasteiger partial charge in [-0.2, -0.15) is 0 Å². The maximum Gasteiger partial charge on any atom is 0.150 e. The molecule has 0 atom stereocenters. The maximum atomic E-state index is 10.4. The number of anilines is 1. The zero-order valence-corrected chi connectivity index (χ0v) is 7.72. The summed E-state index contributed by atoms with van der Waals surface area (Å²) in [6.07, 6.45) is 1.82. The second kappa shape index (κ2) is 3.62. The Kier molecular flexibility index (Phi) is 2.31. The first-order chi connectivity index (χ1) is 6.83. The van der Waals surface area contributed by atoms with Gasteiger partial charge in [-0.05, 0) is 24.3 Å². The molecule has 1 aliphatic rings. The molecular weight excluding hydrogens is 178 g/mol. The van der Waals surface area contributed by atoms with E-state index >= 15 is 0 Å². The number of benzene rings is 1. The van der Waals surface area contributed by atoms with Gasteiger partial charge in [0.2, 0.25) is 0 Å². The van der Waals surface area contributed by atoms with Gasteiger partial charge >= 0.3 is 0 Å². The van der Waals surface area contributed by atoms with E-state index in [4.69, 9.17) is 0 Å². The van der Waals surface area contributed by atoms with Crippen LogP contribution in [0.4, 0.5) is 5.69 Å². The summed E-state index contributed by atoms with van der Waals surface area (Å²) in [4.78, 5) is 22.9. The number of rotatable bonds is 3. The van der Waals surface area contributed by atoms with Crippen molar-refractivity contribution in [3.63, 3.8) is 0 Å². The summed E-state index contributed by atoms with van der Waals surface area (Å²) in [6, 6.07) is 7.39. The predicted molar refractivity (Wildman–Crippen MR) is 53.6 cm³/mol. The van der Waals surface area contributed by atoms with Crippen molar-refractivity contribution >= 4 is 18.3 Å². The van der Waals surface area contributed by atoms with Crippen LogP contribution in [-0.4, -0.2) is 25.7 Å². The number of hydrogen-bond donors (Lipinski definition) is 0. The van der Waals surface area contributed by atoms with Gasteiger partial charge in [-0.3, -0.25) is 4.79 Å². The molecule has 0 aliphatic carbocycles. The van der Waals surface area contributed by atoms with Gasteiger partial charge in [-0.15, -0.1) is 0 Å². The van der Waals surface area contributed by atoms with Crippen LogP contribution >= 0.6 is 0 Å². The Bertz CT molecular complexity index is 339. The SMILES string of the molecule is O=Cc1ccc(N2CC(C=O)C2)cc1. The van der Waals surface area contributed by atoms with Crippen molar-refractivity contribution in [2.45, 2.75) is 0 Å². The Morgan fingerprint density at radius 3 is 2.29 bits per heavy atom. The van der Waals surface area contributed by atoms with Crippen LogP contribution in [0.1, 0.15) is 10.4 Å². The van der Waals surface area contributed by atoms with E-state index in [0.717, 1.165) is 31.3 Å². The molecule has 72 valence electrons. The zero-order chi connectivity index (χ0) is 9.97. The Hall–Kier alpha value is -1.64. The Morgan fingerprint density at radius 2 is 1.79 bits per heavy atom. The highest BCUT2D eigenvalue weighted by atomic mass is 16.1. The highest BCUT2D eigenvalue weighted by molar-refractivity contribution is 5.76. The zero-order valence-electron chi connectivity index (χ0n) is 7.72. The summed E-state index contributed by atoms with van der Waals surface area (Å²) in [5.41, 5.74) is 1.76. The maximum absolute atomic E-state index is 10.4. The molecule has 0 amide bonds. The lowest BCUT2D eigenvalue weighted by molar-refractivity contribution is -0.111. The number of aldehydes is 2. The third-order valence-corrected chi connectivity index (χ3v) is 2.50. The summed E-state index contributed by atoms with van der Waals surface area (Å²) in [7, 11) is 0. The van der Waals surface area contributed by atoms with E-state index in [9.17, 15) is 9.59 Å². The van der Waals surface area contributed by atoms with E-state index in [0.29, 0.717) is 5.56 Å². The second-order valence-corrected chi connectivity index (χ2v) is 3.51. The van der Waals surface area contributed by atoms with Crippen LogP contribution in [0.3, 0.4) is 0 Å². The molecular formula is C11H11NO2. The number of carbonyl (C=O) groups is 2. The van der Waals surface area contributed by atoms with Crippen molar-refractivity contribution in [3.05, 3.63) is 29.8 Å². The highest BCUT2D eigenvalue weighted by Gasteiger charge is 2.25. The molecule has 14 heavy (non-hydrogen) atoms. The van der Waals surface area contributed by atoms with Crippen molar-refractivity contribution < 1.29 is 9.59 Å². The van der Waals surface area contributed by atoms with Crippen LogP contribution in [0.2, 0.25) is 0 Å². The Labute approximate surface area is 82.3 Å². The fourth-order valence-corrected chi connectivity index (χ4v) is 1.57. The number of carbonyl (C=O) groups excluding carboxylic acids is 2. The van der Waals surface area contributed by atoms with Crippen molar-refractivity contribution in [3.8, 4) is 0 Å². The molecule has 0 aromatic heterocycles. The molecule has 0 saturated carbocycles. The number of nitrogens with zero attached hydrogens (tertiary/aromatic N) is 1. The Balaban J connectivity index is 2.04. The van der Waals surface area contributed by atoms with Gasteiger partial charge < -0.3 is 9.69 Å². The molecule has 2 rings (SSSR count). The monoisotopic (exact) mass is 189 g/mol. The largest absolute Gasteiger partial charge is 0.370 e. The Morgan fingerprint density at radius 1 is 1.14 bits per heavy atom. The van der Waals surface area contributed by atoms with Crippen LogP contribution in [0.25, 0.3) is 0 Å². The molecule has 0 N–H and O–H groups in total. The van der Waals surface area contributed by atoms with Gasteiger partial charge in [0.1, 0.15) is 12.6 Å². The van der Waals surface area contributed by atoms with Crippen LogP contribution in [0.15, 0.2) is 24.3 Å². The van der Waals surface area contributed by atoms with Crippen LogP contribution < -0.4 is 4.90 Å². The average Bonchev–Trinajstić information content (AvgIpc) is 2.17. The predicted octanol–water partition coefficient (Wildman–Crippen LogP) is 1.13. The lowest BCUT2D eigenvalue weighted by Crippen LogP contribution is -2.47. The first-order valence-corrected chi connectivity index (χ1v) is 4.59. The average molecular weight is 189 g/mol. The van der Waals surface area contributed by atoms with Crippen LogP contribution in [0, 0.1) is 5.92 Å². The van der Waals surface area contributed by atoms with E-state index in [2.05, 4.69) is 4.90 Å². The third kappa shape index (κ3) is 1.53. The van der Waals surface area contributed by atoms with Gasteiger partial charge in [0.05, 0.1) is 0 Å². The van der Waals surface area contributed by atoms with Crippen molar-refractivity contribution in [2.24, 2.45) is 5.92 Å². The minimum Gasteiger partial charge on any atom is -0.370 e. The standard InChI is InChI=1S/C11H11NO2/c13-7-9-1-3-11(4-2-9)12-5-10(6-12)8-14/h1-4,7-8,10H,5-6H2. The molecule has 0 spiro atoms. The van der Waals surface area contributed by atoms with Crippen molar-refractivity contribution in [2.75, 3.05) is 18.0 Å². The first kappa shape index (κ1) is 8.94. The van der Waals surface area contributed by atoms with Gasteiger partial charge in [0.25, 0.3) is 0 Å². The van der Waals surface area contributed by atoms with E-state index in [1.165, 1.54) is 0 Å². The fourth-order valence-electron chi connectivity index (χ4n) is 1.57. The van der Waals surface area contributed by atoms with Crippen LogP contribution in [-0.2, 0) is 4.79 Å². The molecule has 1 fully saturated rings. The quantitative estimate of drug-likeness (QED) is 0.669. The van der Waals surface area contributed by atoms with E-state index < -0.39 is 0 Å². The molecule has 1 aliphatic heterocycles. The van der Waals surface area contributed by atoms with E-state index in [-0.39, 0.29) is 5.92 Å². The van der Waals surface area contributed by atoms with Crippen molar-refractivity contribution in [1.29, 1.82) is 0 Å². The topological polar surface area (TPSA) is 37.4 Å². The molecule has 3 nitrogen and oxygen atoms in total. The van der Waals surface area contributed by atoms with Crippen LogP contribution in [0.5, 0.6) is 0 Å². The number of hydrogen-bond acceptors (Lipinski definition) is 3. The van der Waals surface area contributed by atoms with Gasteiger partial charge in [-0.25, -0.2) is 0 Å². The molecule has 3 heteroatoms. The third-order valence-electron chi connectivity index (χ3n) is 2.50. The summed E-state index contributed by atoms with van der Waals surface area (Å²) >= 11 is 0. The normalized spacial score (nSPS) is 16.1. The minimum atomic E-state index is 0.181. The summed E-state index contributed by atoms with van der Waals surface area (Å²) in [6.45, 7) is 1.59. The van der Waals surface area contributed by atoms with E-state index in [1.807, 2.05) is 12.1 Å². The molecule has 0 unspecified atom stereocenters. The van der Waals surface area contributed by atoms with Gasteiger partial charge in [-0.1, -0.05) is 0 Å². The molecule has 1 saturated heterocycles.